The summed E-state index contributed by atoms with van der Waals surface area (Å²) in [4.78, 5) is 0. The van der Waals surface area contributed by atoms with Gasteiger partial charge in [0.2, 0.25) is 0 Å². The second kappa shape index (κ2) is 3.21. The molecular formula is C13H24O2. The molecule has 0 aromatic carbocycles. The van der Waals surface area contributed by atoms with Gasteiger partial charge in [-0.2, -0.15) is 0 Å². The highest BCUT2D eigenvalue weighted by Crippen LogP contribution is 2.67. The fraction of sp³-hybridized carbons (Fsp3) is 1.00. The Bertz CT molecular complexity index is 255. The lowest BCUT2D eigenvalue weighted by Crippen LogP contribution is -2.47. The molecule has 2 fully saturated rings. The lowest BCUT2D eigenvalue weighted by molar-refractivity contribution is -0.227. The normalized spacial score (nSPS) is 48.2. The SMILES string of the molecule is CCCC12CCOC1(O)CC(C)C2(C)C. The standard InChI is InChI=1S/C13H24O2/c1-5-6-12-7-8-15-13(12,14)9-10(2)11(12,3)4/h10,14H,5-9H2,1-4H3. The van der Waals surface area contributed by atoms with E-state index in [1.54, 1.807) is 0 Å². The highest BCUT2D eigenvalue weighted by atomic mass is 16.6. The van der Waals surface area contributed by atoms with E-state index in [2.05, 4.69) is 27.7 Å². The molecule has 1 aliphatic heterocycles. The van der Waals surface area contributed by atoms with Crippen LogP contribution in [0, 0.1) is 16.7 Å². The van der Waals surface area contributed by atoms with Crippen LogP contribution in [0.4, 0.5) is 0 Å². The fourth-order valence-electron chi connectivity index (χ4n) is 4.02. The predicted octanol–water partition coefficient (Wildman–Crippen LogP) is 2.95. The van der Waals surface area contributed by atoms with Crippen molar-refractivity contribution in [3.8, 4) is 0 Å². The minimum absolute atomic E-state index is 0.00579. The van der Waals surface area contributed by atoms with Crippen molar-refractivity contribution in [2.75, 3.05) is 6.61 Å². The average Bonchev–Trinajstić information content (AvgIpc) is 2.50. The van der Waals surface area contributed by atoms with E-state index in [-0.39, 0.29) is 10.8 Å². The Morgan fingerprint density at radius 2 is 2.07 bits per heavy atom. The van der Waals surface area contributed by atoms with E-state index in [1.165, 1.54) is 0 Å². The van der Waals surface area contributed by atoms with Crippen LogP contribution >= 0.6 is 0 Å². The summed E-state index contributed by atoms with van der Waals surface area (Å²) in [7, 11) is 0. The van der Waals surface area contributed by atoms with Gasteiger partial charge in [0.1, 0.15) is 0 Å². The van der Waals surface area contributed by atoms with Gasteiger partial charge in [0.15, 0.2) is 5.79 Å². The first-order chi connectivity index (χ1) is 6.90. The molecule has 0 aromatic rings. The molecule has 3 atom stereocenters. The number of hydrogen-bond donors (Lipinski definition) is 1. The van der Waals surface area contributed by atoms with Crippen LogP contribution in [0.2, 0.25) is 0 Å². The summed E-state index contributed by atoms with van der Waals surface area (Å²) in [5.74, 6) is -0.305. The van der Waals surface area contributed by atoms with E-state index in [4.69, 9.17) is 4.74 Å². The smallest absolute Gasteiger partial charge is 0.171 e. The van der Waals surface area contributed by atoms with Crippen molar-refractivity contribution in [2.24, 2.45) is 16.7 Å². The molecule has 0 radical (unpaired) electrons. The number of hydrogen-bond acceptors (Lipinski definition) is 2. The van der Waals surface area contributed by atoms with Crippen LogP contribution in [0.25, 0.3) is 0 Å². The second-order valence-corrected chi connectivity index (χ2v) is 6.04. The fourth-order valence-corrected chi connectivity index (χ4v) is 4.02. The monoisotopic (exact) mass is 212 g/mol. The van der Waals surface area contributed by atoms with Crippen molar-refractivity contribution in [1.29, 1.82) is 0 Å². The van der Waals surface area contributed by atoms with Gasteiger partial charge in [0, 0.05) is 11.8 Å². The van der Waals surface area contributed by atoms with E-state index >= 15 is 0 Å². The first kappa shape index (κ1) is 11.4. The van der Waals surface area contributed by atoms with E-state index in [9.17, 15) is 5.11 Å². The van der Waals surface area contributed by atoms with Gasteiger partial charge < -0.3 is 9.84 Å². The lowest BCUT2D eigenvalue weighted by atomic mass is 9.60. The van der Waals surface area contributed by atoms with Crippen LogP contribution in [-0.2, 0) is 4.74 Å². The van der Waals surface area contributed by atoms with Crippen molar-refractivity contribution in [3.63, 3.8) is 0 Å². The Kier molecular flexibility index (Phi) is 2.44. The van der Waals surface area contributed by atoms with Crippen LogP contribution in [0.1, 0.15) is 53.4 Å². The van der Waals surface area contributed by atoms with Crippen LogP contribution in [-0.4, -0.2) is 17.5 Å². The second-order valence-electron chi connectivity index (χ2n) is 6.04. The van der Waals surface area contributed by atoms with Crippen LogP contribution in [0.15, 0.2) is 0 Å². The molecule has 1 saturated heterocycles. The maximum absolute atomic E-state index is 10.7. The third kappa shape index (κ3) is 1.18. The summed E-state index contributed by atoms with van der Waals surface area (Å²) >= 11 is 0. The number of ether oxygens (including phenoxy) is 1. The molecule has 3 unspecified atom stereocenters. The predicted molar refractivity (Wildman–Crippen MR) is 60.4 cm³/mol. The number of fused-ring (bicyclic) bond motifs is 1. The Morgan fingerprint density at radius 1 is 1.40 bits per heavy atom. The Balaban J connectivity index is 2.43. The Hall–Kier alpha value is -0.0800. The van der Waals surface area contributed by atoms with Crippen molar-refractivity contribution in [3.05, 3.63) is 0 Å². The molecule has 0 aromatic heterocycles. The molecule has 2 heteroatoms. The minimum atomic E-state index is -0.841. The quantitative estimate of drug-likeness (QED) is 0.762. The van der Waals surface area contributed by atoms with Gasteiger partial charge in [-0.05, 0) is 24.2 Å². The lowest BCUT2D eigenvalue weighted by Gasteiger charge is -2.45. The van der Waals surface area contributed by atoms with Gasteiger partial charge in [-0.25, -0.2) is 0 Å². The molecule has 0 spiro atoms. The summed E-state index contributed by atoms with van der Waals surface area (Å²) in [6.07, 6.45) is 4.04. The molecule has 0 bridgehead atoms. The van der Waals surface area contributed by atoms with Crippen LogP contribution in [0.3, 0.4) is 0 Å². The van der Waals surface area contributed by atoms with E-state index in [1.807, 2.05) is 0 Å². The molecule has 0 amide bonds. The summed E-state index contributed by atoms with van der Waals surface area (Å²) in [6, 6.07) is 0. The van der Waals surface area contributed by atoms with Crippen LogP contribution in [0.5, 0.6) is 0 Å². The van der Waals surface area contributed by atoms with Crippen LogP contribution < -0.4 is 0 Å². The molecule has 2 nitrogen and oxygen atoms in total. The molecule has 1 heterocycles. The molecule has 2 rings (SSSR count). The zero-order valence-electron chi connectivity index (χ0n) is 10.5. The third-order valence-electron chi connectivity index (χ3n) is 5.34. The highest BCUT2D eigenvalue weighted by Gasteiger charge is 2.68. The van der Waals surface area contributed by atoms with E-state index in [0.29, 0.717) is 5.92 Å². The van der Waals surface area contributed by atoms with Crippen molar-refractivity contribution >= 4 is 0 Å². The zero-order valence-corrected chi connectivity index (χ0v) is 10.5. The molecular weight excluding hydrogens is 188 g/mol. The third-order valence-corrected chi connectivity index (χ3v) is 5.34. The summed E-state index contributed by atoms with van der Waals surface area (Å²) in [5.41, 5.74) is 0.183. The van der Waals surface area contributed by atoms with Gasteiger partial charge in [0.05, 0.1) is 6.61 Å². The topological polar surface area (TPSA) is 29.5 Å². The summed E-state index contributed by atoms with van der Waals surface area (Å²) < 4.78 is 5.68. The maximum Gasteiger partial charge on any atom is 0.171 e. The Labute approximate surface area is 93.0 Å². The van der Waals surface area contributed by atoms with Crippen molar-refractivity contribution < 1.29 is 9.84 Å². The highest BCUT2D eigenvalue weighted by molar-refractivity contribution is 5.12. The number of rotatable bonds is 2. The Morgan fingerprint density at radius 3 is 2.67 bits per heavy atom. The molecule has 1 N–H and O–H groups in total. The molecule has 1 aliphatic carbocycles. The summed E-state index contributed by atoms with van der Waals surface area (Å²) in [5, 5.41) is 10.7. The van der Waals surface area contributed by atoms with Crippen molar-refractivity contribution in [1.82, 2.24) is 0 Å². The van der Waals surface area contributed by atoms with Gasteiger partial charge in [-0.15, -0.1) is 0 Å². The first-order valence-corrected chi connectivity index (χ1v) is 6.26. The first-order valence-electron chi connectivity index (χ1n) is 6.26. The van der Waals surface area contributed by atoms with E-state index in [0.717, 1.165) is 32.3 Å². The molecule has 88 valence electrons. The molecule has 2 aliphatic rings. The van der Waals surface area contributed by atoms with Gasteiger partial charge >= 0.3 is 0 Å². The van der Waals surface area contributed by atoms with Crippen molar-refractivity contribution in [2.45, 2.75) is 59.2 Å². The average molecular weight is 212 g/mol. The van der Waals surface area contributed by atoms with E-state index < -0.39 is 5.79 Å². The zero-order chi connectivity index (χ0) is 11.3. The van der Waals surface area contributed by atoms with Gasteiger partial charge in [-0.1, -0.05) is 34.1 Å². The molecule has 1 saturated carbocycles. The maximum atomic E-state index is 10.7. The largest absolute Gasteiger partial charge is 0.365 e. The minimum Gasteiger partial charge on any atom is -0.365 e. The summed E-state index contributed by atoms with van der Waals surface area (Å²) in [6.45, 7) is 9.79. The molecule has 15 heavy (non-hydrogen) atoms. The number of aliphatic hydroxyl groups is 1. The van der Waals surface area contributed by atoms with Gasteiger partial charge in [0.25, 0.3) is 0 Å². The van der Waals surface area contributed by atoms with Gasteiger partial charge in [-0.3, -0.25) is 0 Å².